The molecule has 41 heavy (non-hydrogen) atoms. The Morgan fingerprint density at radius 3 is 2.02 bits per heavy atom. The number of nitrogen functional groups attached to an aromatic ring is 2. The Labute approximate surface area is 236 Å². The maximum absolute atomic E-state index is 11.9. The van der Waals surface area contributed by atoms with Gasteiger partial charge in [0.25, 0.3) is 0 Å². The number of amides is 2. The number of nitrogens with two attached hydrogens (primary N) is 2. The van der Waals surface area contributed by atoms with Crippen molar-refractivity contribution in [3.8, 4) is 0 Å². The second kappa shape index (κ2) is 16.6. The molecule has 4 aromatic rings. The van der Waals surface area contributed by atoms with Gasteiger partial charge in [0.2, 0.25) is 12.3 Å². The first-order valence-electron chi connectivity index (χ1n) is 13.0. The summed E-state index contributed by atoms with van der Waals surface area (Å²) in [6.07, 6.45) is 7.00. The SMILES string of the molecule is CN(C)CCOCCOCCNC(=O)CCn1cnc2c(N)ncnc21.Nc1ncnc2c1ncn2CCNC=O. The summed E-state index contributed by atoms with van der Waals surface area (Å²) >= 11 is 0. The Morgan fingerprint density at radius 1 is 0.854 bits per heavy atom. The van der Waals surface area contributed by atoms with Gasteiger partial charge in [-0.15, -0.1) is 0 Å². The molecule has 0 aliphatic rings. The first-order valence-corrected chi connectivity index (χ1v) is 13.0. The first-order chi connectivity index (χ1) is 19.9. The van der Waals surface area contributed by atoms with E-state index in [1.165, 1.54) is 12.7 Å². The van der Waals surface area contributed by atoms with Crippen LogP contribution in [0.1, 0.15) is 6.42 Å². The average Bonchev–Trinajstić information content (AvgIpc) is 3.57. The highest BCUT2D eigenvalue weighted by molar-refractivity contribution is 5.82. The average molecular weight is 572 g/mol. The summed E-state index contributed by atoms with van der Waals surface area (Å²) in [6, 6.07) is 0. The van der Waals surface area contributed by atoms with Gasteiger partial charge in [-0.25, -0.2) is 29.9 Å². The third-order valence-electron chi connectivity index (χ3n) is 5.64. The number of ether oxygens (including phenoxy) is 2. The zero-order valence-corrected chi connectivity index (χ0v) is 23.3. The van der Waals surface area contributed by atoms with Gasteiger partial charge in [0.1, 0.15) is 23.7 Å². The summed E-state index contributed by atoms with van der Waals surface area (Å²) in [6.45, 7) is 5.18. The van der Waals surface area contributed by atoms with Gasteiger partial charge in [-0.05, 0) is 14.1 Å². The number of likely N-dealkylation sites (N-methyl/N-ethyl adjacent to an activating group) is 1. The van der Waals surface area contributed by atoms with E-state index in [1.807, 2.05) is 18.7 Å². The molecule has 0 aromatic carbocycles. The highest BCUT2D eigenvalue weighted by Crippen LogP contribution is 2.14. The Morgan fingerprint density at radius 2 is 1.44 bits per heavy atom. The summed E-state index contributed by atoms with van der Waals surface area (Å²) in [4.78, 5) is 48.2. The zero-order valence-electron chi connectivity index (χ0n) is 23.3. The van der Waals surface area contributed by atoms with E-state index in [0.717, 1.165) is 6.54 Å². The van der Waals surface area contributed by atoms with Crippen molar-refractivity contribution in [1.29, 1.82) is 0 Å². The molecular formula is C24H37N13O4. The molecule has 17 heteroatoms. The van der Waals surface area contributed by atoms with E-state index in [0.29, 0.717) is 99.4 Å². The largest absolute Gasteiger partial charge is 0.382 e. The minimum Gasteiger partial charge on any atom is -0.382 e. The molecule has 6 N–H and O–H groups in total. The minimum absolute atomic E-state index is 0.0558. The minimum atomic E-state index is -0.0558. The van der Waals surface area contributed by atoms with Gasteiger partial charge in [-0.1, -0.05) is 0 Å². The van der Waals surface area contributed by atoms with Crippen molar-refractivity contribution >= 4 is 46.3 Å². The van der Waals surface area contributed by atoms with Gasteiger partial charge >= 0.3 is 0 Å². The van der Waals surface area contributed by atoms with E-state index in [1.54, 1.807) is 17.2 Å². The van der Waals surface area contributed by atoms with Crippen LogP contribution >= 0.6 is 0 Å². The van der Waals surface area contributed by atoms with E-state index in [2.05, 4.69) is 45.4 Å². The van der Waals surface area contributed by atoms with Crippen LogP contribution in [0.4, 0.5) is 11.6 Å². The summed E-state index contributed by atoms with van der Waals surface area (Å²) in [5, 5.41) is 5.38. The molecule has 0 fully saturated rings. The van der Waals surface area contributed by atoms with Crippen molar-refractivity contribution in [3.63, 3.8) is 0 Å². The molecule has 0 atom stereocenters. The normalized spacial score (nSPS) is 11.0. The number of carbonyl (C=O) groups is 2. The number of nitrogens with zero attached hydrogens (tertiary/aromatic N) is 9. The molecule has 0 bridgehead atoms. The lowest BCUT2D eigenvalue weighted by molar-refractivity contribution is -0.121. The Bertz CT molecular complexity index is 1370. The monoisotopic (exact) mass is 571 g/mol. The number of rotatable bonds is 16. The van der Waals surface area contributed by atoms with Gasteiger partial charge in [0, 0.05) is 39.1 Å². The van der Waals surface area contributed by atoms with Crippen LogP contribution in [-0.4, -0.2) is 116 Å². The highest BCUT2D eigenvalue weighted by atomic mass is 16.5. The van der Waals surface area contributed by atoms with Gasteiger partial charge in [-0.3, -0.25) is 9.59 Å². The van der Waals surface area contributed by atoms with Gasteiger partial charge in [0.05, 0.1) is 39.1 Å². The fourth-order valence-electron chi connectivity index (χ4n) is 3.51. The maximum Gasteiger partial charge on any atom is 0.221 e. The lowest BCUT2D eigenvalue weighted by Crippen LogP contribution is -2.28. The van der Waals surface area contributed by atoms with Crippen LogP contribution in [0, 0.1) is 0 Å². The Hall–Kier alpha value is -4.48. The number of aryl methyl sites for hydroxylation is 1. The number of fused-ring (bicyclic) bond motifs is 2. The second-order valence-corrected chi connectivity index (χ2v) is 8.94. The van der Waals surface area contributed by atoms with Crippen molar-refractivity contribution in [2.24, 2.45) is 0 Å². The van der Waals surface area contributed by atoms with Crippen LogP contribution in [0.25, 0.3) is 22.3 Å². The highest BCUT2D eigenvalue weighted by Gasteiger charge is 2.09. The third kappa shape index (κ3) is 9.89. The number of imidazole rings is 2. The predicted octanol–water partition coefficient (Wildman–Crippen LogP) is -1.34. The third-order valence-corrected chi connectivity index (χ3v) is 5.64. The maximum atomic E-state index is 11.9. The second-order valence-electron chi connectivity index (χ2n) is 8.94. The zero-order chi connectivity index (χ0) is 29.5. The van der Waals surface area contributed by atoms with Crippen LogP contribution in [0.3, 0.4) is 0 Å². The van der Waals surface area contributed by atoms with E-state index in [9.17, 15) is 9.59 Å². The first kappa shape index (κ1) is 31.1. The number of carbonyl (C=O) groups excluding carboxylic acids is 2. The molecule has 0 radical (unpaired) electrons. The topological polar surface area (TPSA) is 219 Å². The summed E-state index contributed by atoms with van der Waals surface area (Å²) < 4.78 is 14.4. The van der Waals surface area contributed by atoms with E-state index in [-0.39, 0.29) is 5.91 Å². The van der Waals surface area contributed by atoms with E-state index >= 15 is 0 Å². The number of anilines is 2. The predicted molar refractivity (Wildman–Crippen MR) is 151 cm³/mol. The number of nitrogens with one attached hydrogen (secondary N) is 2. The number of hydrogen-bond donors (Lipinski definition) is 4. The molecule has 0 saturated heterocycles. The smallest absolute Gasteiger partial charge is 0.221 e. The van der Waals surface area contributed by atoms with Crippen LogP contribution in [0.5, 0.6) is 0 Å². The Kier molecular flexibility index (Phi) is 12.6. The van der Waals surface area contributed by atoms with Crippen LogP contribution in [0.15, 0.2) is 25.3 Å². The van der Waals surface area contributed by atoms with Crippen molar-refractivity contribution in [1.82, 2.24) is 54.6 Å². The van der Waals surface area contributed by atoms with Crippen molar-refractivity contribution in [3.05, 3.63) is 25.3 Å². The molecule has 4 rings (SSSR count). The van der Waals surface area contributed by atoms with Gasteiger partial charge in [0.15, 0.2) is 22.9 Å². The van der Waals surface area contributed by atoms with Crippen LogP contribution in [-0.2, 0) is 32.2 Å². The van der Waals surface area contributed by atoms with Crippen molar-refractivity contribution in [2.75, 3.05) is 71.6 Å². The lowest BCUT2D eigenvalue weighted by atomic mass is 10.4. The summed E-state index contributed by atoms with van der Waals surface area (Å²) in [7, 11) is 4.00. The number of hydrogen-bond acceptors (Lipinski definition) is 13. The molecular weight excluding hydrogens is 534 g/mol. The van der Waals surface area contributed by atoms with Gasteiger partial charge in [-0.2, -0.15) is 0 Å². The molecule has 2 amide bonds. The quantitative estimate of drug-likeness (QED) is 0.0905. The van der Waals surface area contributed by atoms with Gasteiger partial charge < -0.3 is 45.6 Å². The fourth-order valence-corrected chi connectivity index (χ4v) is 3.51. The molecule has 0 unspecified atom stereocenters. The van der Waals surface area contributed by atoms with Crippen molar-refractivity contribution < 1.29 is 19.1 Å². The Balaban J connectivity index is 0.000000260. The van der Waals surface area contributed by atoms with E-state index < -0.39 is 0 Å². The molecule has 4 heterocycles. The summed E-state index contributed by atoms with van der Waals surface area (Å²) in [5.41, 5.74) is 13.8. The van der Waals surface area contributed by atoms with Crippen LogP contribution < -0.4 is 22.1 Å². The standard InChI is InChI=1S/C16H27N7O3.C8H10N6O/c1-22(2)6-8-26-10-9-25-7-4-18-13(24)3-5-23-12-21-14-15(17)19-11-20-16(14)23;9-7-6-8(12-3-11-7)14(4-13-6)2-1-10-5-15/h11-12H,3-10H2,1-2H3,(H,18,24)(H2,17,19,20);3-5H,1-2H2,(H,10,15)(H2,9,11,12). The molecule has 0 saturated carbocycles. The lowest BCUT2D eigenvalue weighted by Gasteiger charge is -2.10. The number of aromatic nitrogens is 8. The molecule has 17 nitrogen and oxygen atoms in total. The summed E-state index contributed by atoms with van der Waals surface area (Å²) in [5.74, 6) is 0.642. The van der Waals surface area contributed by atoms with Crippen molar-refractivity contribution in [2.45, 2.75) is 19.5 Å². The molecule has 0 spiro atoms. The van der Waals surface area contributed by atoms with E-state index in [4.69, 9.17) is 20.9 Å². The molecule has 4 aromatic heterocycles. The molecule has 0 aliphatic carbocycles. The van der Waals surface area contributed by atoms with Crippen LogP contribution in [0.2, 0.25) is 0 Å². The molecule has 222 valence electrons. The fraction of sp³-hybridized carbons (Fsp3) is 0.500. The molecule has 0 aliphatic heterocycles.